The van der Waals surface area contributed by atoms with Gasteiger partial charge < -0.3 is 19.5 Å². The van der Waals surface area contributed by atoms with Gasteiger partial charge in [-0.05, 0) is 17.7 Å². The van der Waals surface area contributed by atoms with Gasteiger partial charge in [0, 0.05) is 18.5 Å². The lowest BCUT2D eigenvalue weighted by atomic mass is 9.89. The van der Waals surface area contributed by atoms with Crippen molar-refractivity contribution in [1.29, 1.82) is 0 Å². The molecule has 0 spiro atoms. The lowest BCUT2D eigenvalue weighted by Crippen LogP contribution is -2.47. The second-order valence-electron chi connectivity index (χ2n) is 5.22. The summed E-state index contributed by atoms with van der Waals surface area (Å²) < 4.78 is 15.7. The van der Waals surface area contributed by atoms with Crippen molar-refractivity contribution in [3.63, 3.8) is 0 Å². The fraction of sp³-hybridized carbons (Fsp3) is 0.571. The summed E-state index contributed by atoms with van der Waals surface area (Å²) in [7, 11) is 3.19. The molecule has 0 aromatic heterocycles. The molecule has 0 unspecified atom stereocenters. The number of rotatable bonds is 6. The molecular weight excluding hydrogens is 266 g/mol. The first-order chi connectivity index (χ1) is 9.08. The second kappa shape index (κ2) is 5.99. The Morgan fingerprint density at radius 3 is 2.58 bits per heavy atom. The smallest absolute Gasteiger partial charge is 0.179 e. The van der Waals surface area contributed by atoms with E-state index in [1.165, 1.54) is 0 Å². The Hall–Kier alpha value is -0.970. The summed E-state index contributed by atoms with van der Waals surface area (Å²) in [5.41, 5.74) is 1.34. The van der Waals surface area contributed by atoms with Crippen molar-refractivity contribution in [3.05, 3.63) is 22.7 Å². The van der Waals surface area contributed by atoms with Gasteiger partial charge in [0.05, 0.1) is 32.5 Å². The molecule has 0 radical (unpaired) electrons. The van der Waals surface area contributed by atoms with Crippen LogP contribution in [0.2, 0.25) is 5.02 Å². The van der Waals surface area contributed by atoms with Gasteiger partial charge in [0.15, 0.2) is 11.5 Å². The molecular formula is C14H20ClNO3. The first kappa shape index (κ1) is 14.4. The number of hydrogen-bond donors (Lipinski definition) is 1. The topological polar surface area (TPSA) is 39.7 Å². The normalized spacial score (nSPS) is 16.8. The Morgan fingerprint density at radius 2 is 2.05 bits per heavy atom. The summed E-state index contributed by atoms with van der Waals surface area (Å²) in [6.07, 6.45) is 0. The summed E-state index contributed by atoms with van der Waals surface area (Å²) in [5.74, 6) is 1.23. The van der Waals surface area contributed by atoms with Crippen molar-refractivity contribution in [2.24, 2.45) is 5.41 Å². The van der Waals surface area contributed by atoms with Crippen LogP contribution in [-0.2, 0) is 11.3 Å². The lowest BCUT2D eigenvalue weighted by molar-refractivity contribution is -0.0991. The van der Waals surface area contributed by atoms with Crippen molar-refractivity contribution < 1.29 is 14.2 Å². The quantitative estimate of drug-likeness (QED) is 0.872. The minimum absolute atomic E-state index is 0.264. The Morgan fingerprint density at radius 1 is 1.32 bits per heavy atom. The van der Waals surface area contributed by atoms with Gasteiger partial charge in [0.25, 0.3) is 0 Å². The second-order valence-corrected chi connectivity index (χ2v) is 5.63. The summed E-state index contributed by atoms with van der Waals surface area (Å²) in [6.45, 7) is 5.54. The number of benzene rings is 1. The van der Waals surface area contributed by atoms with E-state index in [0.29, 0.717) is 16.5 Å². The molecule has 1 saturated heterocycles. The molecule has 1 aromatic rings. The van der Waals surface area contributed by atoms with E-state index in [1.54, 1.807) is 14.2 Å². The maximum atomic E-state index is 6.17. The van der Waals surface area contributed by atoms with Crippen LogP contribution in [0.25, 0.3) is 0 Å². The molecule has 4 nitrogen and oxygen atoms in total. The number of ether oxygens (including phenoxy) is 3. The zero-order valence-electron chi connectivity index (χ0n) is 11.6. The van der Waals surface area contributed by atoms with Gasteiger partial charge in [-0.2, -0.15) is 0 Å². The average molecular weight is 286 g/mol. The maximum absolute atomic E-state index is 6.17. The third-order valence-corrected chi connectivity index (χ3v) is 3.56. The van der Waals surface area contributed by atoms with Gasteiger partial charge in [-0.1, -0.05) is 18.5 Å². The van der Waals surface area contributed by atoms with Gasteiger partial charge in [0.1, 0.15) is 0 Å². The van der Waals surface area contributed by atoms with Crippen LogP contribution < -0.4 is 14.8 Å². The molecule has 0 atom stereocenters. The first-order valence-electron chi connectivity index (χ1n) is 6.27. The standard InChI is InChI=1S/C14H20ClNO3/c1-14(8-19-9-14)7-16-6-10-4-11(15)13(18-3)12(5-10)17-2/h4-5,16H,6-9H2,1-3H3. The molecule has 2 rings (SSSR count). The van der Waals surface area contributed by atoms with E-state index >= 15 is 0 Å². The number of methoxy groups -OCH3 is 2. The van der Waals surface area contributed by atoms with Crippen LogP contribution >= 0.6 is 11.6 Å². The van der Waals surface area contributed by atoms with Crippen molar-refractivity contribution in [3.8, 4) is 11.5 Å². The molecule has 0 amide bonds. The third kappa shape index (κ3) is 3.32. The van der Waals surface area contributed by atoms with Crippen LogP contribution in [0, 0.1) is 5.41 Å². The minimum Gasteiger partial charge on any atom is -0.493 e. The van der Waals surface area contributed by atoms with Gasteiger partial charge in [0.2, 0.25) is 0 Å². The van der Waals surface area contributed by atoms with Gasteiger partial charge >= 0.3 is 0 Å². The van der Waals surface area contributed by atoms with Crippen molar-refractivity contribution in [1.82, 2.24) is 5.32 Å². The van der Waals surface area contributed by atoms with Crippen molar-refractivity contribution >= 4 is 11.6 Å². The van der Waals surface area contributed by atoms with Crippen LogP contribution in [0.15, 0.2) is 12.1 Å². The zero-order chi connectivity index (χ0) is 13.9. The number of hydrogen-bond acceptors (Lipinski definition) is 4. The Bertz CT molecular complexity index is 447. The number of nitrogens with one attached hydrogen (secondary N) is 1. The summed E-state index contributed by atoms with van der Waals surface area (Å²) >= 11 is 6.17. The first-order valence-corrected chi connectivity index (χ1v) is 6.65. The van der Waals surface area contributed by atoms with Crippen LogP contribution in [0.4, 0.5) is 0 Å². The monoisotopic (exact) mass is 285 g/mol. The van der Waals surface area contributed by atoms with Gasteiger partial charge in [-0.15, -0.1) is 0 Å². The Balaban J connectivity index is 1.98. The molecule has 1 N–H and O–H groups in total. The molecule has 0 aliphatic carbocycles. The molecule has 106 valence electrons. The predicted octanol–water partition coefficient (Wildman–Crippen LogP) is 2.48. The molecule has 1 aliphatic rings. The molecule has 1 aliphatic heterocycles. The van der Waals surface area contributed by atoms with Gasteiger partial charge in [-0.3, -0.25) is 0 Å². The highest BCUT2D eigenvalue weighted by atomic mass is 35.5. The van der Waals surface area contributed by atoms with E-state index in [2.05, 4.69) is 12.2 Å². The lowest BCUT2D eigenvalue weighted by Gasteiger charge is -2.38. The third-order valence-electron chi connectivity index (χ3n) is 3.28. The predicted molar refractivity (Wildman–Crippen MR) is 75.2 cm³/mol. The molecule has 1 fully saturated rings. The molecule has 1 aromatic carbocycles. The van der Waals surface area contributed by atoms with Crippen molar-refractivity contribution in [2.75, 3.05) is 34.0 Å². The summed E-state index contributed by atoms with van der Waals surface area (Å²) in [4.78, 5) is 0. The highest BCUT2D eigenvalue weighted by Gasteiger charge is 2.32. The van der Waals surface area contributed by atoms with E-state index in [1.807, 2.05) is 12.1 Å². The fourth-order valence-corrected chi connectivity index (χ4v) is 2.45. The number of halogens is 1. The highest BCUT2D eigenvalue weighted by molar-refractivity contribution is 6.32. The Kier molecular flexibility index (Phi) is 4.55. The molecule has 19 heavy (non-hydrogen) atoms. The summed E-state index contributed by atoms with van der Waals surface area (Å²) in [6, 6.07) is 3.84. The summed E-state index contributed by atoms with van der Waals surface area (Å²) in [5, 5.41) is 3.99. The van der Waals surface area contributed by atoms with Crippen LogP contribution in [0.1, 0.15) is 12.5 Å². The minimum atomic E-state index is 0.264. The highest BCUT2D eigenvalue weighted by Crippen LogP contribution is 2.36. The van der Waals surface area contributed by atoms with E-state index in [-0.39, 0.29) is 5.41 Å². The van der Waals surface area contributed by atoms with Crippen LogP contribution in [0.5, 0.6) is 11.5 Å². The Labute approximate surface area is 119 Å². The molecule has 0 saturated carbocycles. The maximum Gasteiger partial charge on any atom is 0.179 e. The van der Waals surface area contributed by atoms with E-state index in [4.69, 9.17) is 25.8 Å². The van der Waals surface area contributed by atoms with Crippen molar-refractivity contribution in [2.45, 2.75) is 13.5 Å². The zero-order valence-corrected chi connectivity index (χ0v) is 12.3. The molecule has 5 heteroatoms. The van der Waals surface area contributed by atoms with Gasteiger partial charge in [-0.25, -0.2) is 0 Å². The van der Waals surface area contributed by atoms with Crippen LogP contribution in [-0.4, -0.2) is 34.0 Å². The molecule has 0 bridgehead atoms. The fourth-order valence-electron chi connectivity index (χ4n) is 2.13. The van der Waals surface area contributed by atoms with E-state index in [0.717, 1.165) is 31.9 Å². The van der Waals surface area contributed by atoms with E-state index in [9.17, 15) is 0 Å². The average Bonchev–Trinajstić information content (AvgIpc) is 2.36. The SMILES string of the molecule is COc1cc(CNCC2(C)COC2)cc(Cl)c1OC. The van der Waals surface area contributed by atoms with E-state index < -0.39 is 0 Å². The van der Waals surface area contributed by atoms with Crippen LogP contribution in [0.3, 0.4) is 0 Å². The largest absolute Gasteiger partial charge is 0.493 e. The molecule has 1 heterocycles.